The first-order valence-corrected chi connectivity index (χ1v) is 9.23. The summed E-state index contributed by atoms with van der Waals surface area (Å²) < 4.78 is 8.07. The SMILES string of the molecule is CCNC(=O)CCc1c(C)nn(-c2ccccc2)c1Oc1cccc(C)c1. The lowest BCUT2D eigenvalue weighted by molar-refractivity contribution is -0.120. The van der Waals surface area contributed by atoms with Gasteiger partial charge in [0.2, 0.25) is 11.8 Å². The Kier molecular flexibility index (Phi) is 5.91. The van der Waals surface area contributed by atoms with E-state index in [4.69, 9.17) is 4.74 Å². The standard InChI is InChI=1S/C22H25N3O2/c1-4-23-21(26)14-13-20-17(3)24-25(18-10-6-5-7-11-18)22(20)27-19-12-8-9-16(2)15-19/h5-12,15H,4,13-14H2,1-3H3,(H,23,26). The molecule has 0 fully saturated rings. The van der Waals surface area contributed by atoms with Crippen LogP contribution >= 0.6 is 0 Å². The zero-order valence-corrected chi connectivity index (χ0v) is 16.0. The number of hydrogen-bond acceptors (Lipinski definition) is 3. The fraction of sp³-hybridized carbons (Fsp3) is 0.273. The molecule has 0 radical (unpaired) electrons. The van der Waals surface area contributed by atoms with Crippen molar-refractivity contribution in [3.63, 3.8) is 0 Å². The number of carbonyl (C=O) groups excluding carboxylic acids is 1. The topological polar surface area (TPSA) is 56.2 Å². The Bertz CT molecular complexity index is 917. The quantitative estimate of drug-likeness (QED) is 0.679. The minimum absolute atomic E-state index is 0.0332. The predicted molar refractivity (Wildman–Crippen MR) is 107 cm³/mol. The molecular weight excluding hydrogens is 338 g/mol. The van der Waals surface area contributed by atoms with Crippen molar-refractivity contribution in [3.05, 3.63) is 71.4 Å². The predicted octanol–water partition coefficient (Wildman–Crippen LogP) is 4.35. The maximum atomic E-state index is 11.9. The van der Waals surface area contributed by atoms with Gasteiger partial charge in [-0.25, -0.2) is 4.68 Å². The van der Waals surface area contributed by atoms with Gasteiger partial charge in [-0.2, -0.15) is 5.10 Å². The highest BCUT2D eigenvalue weighted by atomic mass is 16.5. The molecule has 0 atom stereocenters. The zero-order valence-electron chi connectivity index (χ0n) is 16.0. The van der Waals surface area contributed by atoms with Crippen molar-refractivity contribution in [2.45, 2.75) is 33.6 Å². The second kappa shape index (κ2) is 8.54. The van der Waals surface area contributed by atoms with E-state index < -0.39 is 0 Å². The molecule has 0 aliphatic rings. The third kappa shape index (κ3) is 4.56. The maximum absolute atomic E-state index is 11.9. The summed E-state index contributed by atoms with van der Waals surface area (Å²) in [6, 6.07) is 17.8. The number of aromatic nitrogens is 2. The number of nitrogens with one attached hydrogen (secondary N) is 1. The third-order valence-electron chi connectivity index (χ3n) is 4.32. The number of ether oxygens (including phenoxy) is 1. The van der Waals surface area contributed by atoms with Gasteiger partial charge in [-0.05, 0) is 57.0 Å². The van der Waals surface area contributed by atoms with Crippen molar-refractivity contribution >= 4 is 5.91 Å². The first-order valence-electron chi connectivity index (χ1n) is 9.23. The van der Waals surface area contributed by atoms with Gasteiger partial charge in [-0.1, -0.05) is 30.3 Å². The second-order valence-corrected chi connectivity index (χ2v) is 6.49. The minimum Gasteiger partial charge on any atom is -0.439 e. The smallest absolute Gasteiger partial charge is 0.226 e. The Morgan fingerprint density at radius 2 is 1.89 bits per heavy atom. The Morgan fingerprint density at radius 1 is 1.11 bits per heavy atom. The highest BCUT2D eigenvalue weighted by Gasteiger charge is 2.19. The van der Waals surface area contributed by atoms with Crippen LogP contribution < -0.4 is 10.1 Å². The summed E-state index contributed by atoms with van der Waals surface area (Å²) in [4.78, 5) is 11.9. The molecule has 3 rings (SSSR count). The Hall–Kier alpha value is -3.08. The van der Waals surface area contributed by atoms with E-state index in [1.807, 2.05) is 80.1 Å². The van der Waals surface area contributed by atoms with Crippen LogP contribution in [0.3, 0.4) is 0 Å². The van der Waals surface area contributed by atoms with E-state index in [9.17, 15) is 4.79 Å². The van der Waals surface area contributed by atoms with Crippen LogP contribution in [0.4, 0.5) is 0 Å². The Morgan fingerprint density at radius 3 is 2.59 bits per heavy atom. The van der Waals surface area contributed by atoms with Gasteiger partial charge in [0, 0.05) is 18.5 Å². The molecule has 1 amide bonds. The first-order chi connectivity index (χ1) is 13.1. The lowest BCUT2D eigenvalue weighted by Gasteiger charge is -2.12. The molecule has 0 bridgehead atoms. The van der Waals surface area contributed by atoms with Crippen molar-refractivity contribution in [2.24, 2.45) is 0 Å². The van der Waals surface area contributed by atoms with E-state index in [2.05, 4.69) is 10.4 Å². The van der Waals surface area contributed by atoms with Crippen LogP contribution in [0.15, 0.2) is 54.6 Å². The molecule has 1 aromatic heterocycles. The van der Waals surface area contributed by atoms with Crippen LogP contribution in [0.2, 0.25) is 0 Å². The summed E-state index contributed by atoms with van der Waals surface area (Å²) in [7, 11) is 0. The molecule has 0 saturated heterocycles. The van der Waals surface area contributed by atoms with E-state index in [0.717, 1.165) is 28.3 Å². The normalized spacial score (nSPS) is 10.6. The summed E-state index contributed by atoms with van der Waals surface area (Å²) in [6.07, 6.45) is 0.977. The Balaban J connectivity index is 1.98. The van der Waals surface area contributed by atoms with Crippen LogP contribution in [0.25, 0.3) is 5.69 Å². The van der Waals surface area contributed by atoms with Crippen molar-refractivity contribution in [3.8, 4) is 17.3 Å². The molecular formula is C22H25N3O2. The van der Waals surface area contributed by atoms with Crippen LogP contribution in [-0.4, -0.2) is 22.2 Å². The molecule has 0 aliphatic heterocycles. The van der Waals surface area contributed by atoms with E-state index in [1.54, 1.807) is 0 Å². The molecule has 27 heavy (non-hydrogen) atoms. The number of amides is 1. The van der Waals surface area contributed by atoms with E-state index in [1.165, 1.54) is 0 Å². The summed E-state index contributed by atoms with van der Waals surface area (Å²) in [6.45, 7) is 6.54. The molecule has 5 heteroatoms. The summed E-state index contributed by atoms with van der Waals surface area (Å²) >= 11 is 0. The number of aryl methyl sites for hydroxylation is 2. The zero-order chi connectivity index (χ0) is 19.2. The lowest BCUT2D eigenvalue weighted by Crippen LogP contribution is -2.22. The van der Waals surface area contributed by atoms with E-state index >= 15 is 0 Å². The number of nitrogens with zero attached hydrogens (tertiary/aromatic N) is 2. The van der Waals surface area contributed by atoms with E-state index in [-0.39, 0.29) is 5.91 Å². The fourth-order valence-electron chi connectivity index (χ4n) is 2.99. The summed E-state index contributed by atoms with van der Waals surface area (Å²) in [5, 5.41) is 7.53. The largest absolute Gasteiger partial charge is 0.439 e. The first kappa shape index (κ1) is 18.7. The summed E-state index contributed by atoms with van der Waals surface area (Å²) in [5.41, 5.74) is 3.86. The molecule has 1 N–H and O–H groups in total. The second-order valence-electron chi connectivity index (χ2n) is 6.49. The van der Waals surface area contributed by atoms with Gasteiger partial charge in [-0.3, -0.25) is 4.79 Å². The van der Waals surface area contributed by atoms with Crippen molar-refractivity contribution in [1.82, 2.24) is 15.1 Å². The average Bonchev–Trinajstić information content (AvgIpc) is 2.96. The van der Waals surface area contributed by atoms with Gasteiger partial charge < -0.3 is 10.1 Å². The molecule has 0 spiro atoms. The van der Waals surface area contributed by atoms with Crippen LogP contribution in [0, 0.1) is 13.8 Å². The number of hydrogen-bond donors (Lipinski definition) is 1. The average molecular weight is 363 g/mol. The minimum atomic E-state index is 0.0332. The van der Waals surface area contributed by atoms with Gasteiger partial charge >= 0.3 is 0 Å². The summed E-state index contributed by atoms with van der Waals surface area (Å²) in [5.74, 6) is 1.45. The Labute approximate surface area is 160 Å². The van der Waals surface area contributed by atoms with Gasteiger partial charge in [0.1, 0.15) is 5.75 Å². The van der Waals surface area contributed by atoms with Gasteiger partial charge in [0.05, 0.1) is 11.4 Å². The van der Waals surface area contributed by atoms with Crippen molar-refractivity contribution in [1.29, 1.82) is 0 Å². The highest BCUT2D eigenvalue weighted by Crippen LogP contribution is 2.31. The number of rotatable bonds is 7. The number of para-hydroxylation sites is 1. The number of carbonyl (C=O) groups is 1. The van der Waals surface area contributed by atoms with Gasteiger partial charge in [0.25, 0.3) is 0 Å². The third-order valence-corrected chi connectivity index (χ3v) is 4.32. The van der Waals surface area contributed by atoms with E-state index in [0.29, 0.717) is 25.3 Å². The van der Waals surface area contributed by atoms with Crippen molar-refractivity contribution in [2.75, 3.05) is 6.54 Å². The van der Waals surface area contributed by atoms with Gasteiger partial charge in [-0.15, -0.1) is 0 Å². The molecule has 0 aliphatic carbocycles. The van der Waals surface area contributed by atoms with Crippen LogP contribution in [0.5, 0.6) is 11.6 Å². The van der Waals surface area contributed by atoms with Crippen molar-refractivity contribution < 1.29 is 9.53 Å². The molecule has 5 nitrogen and oxygen atoms in total. The highest BCUT2D eigenvalue weighted by molar-refractivity contribution is 5.76. The fourth-order valence-corrected chi connectivity index (χ4v) is 2.99. The molecule has 2 aromatic carbocycles. The molecule has 1 heterocycles. The maximum Gasteiger partial charge on any atom is 0.226 e. The van der Waals surface area contributed by atoms with Gasteiger partial charge in [0.15, 0.2) is 0 Å². The molecule has 0 unspecified atom stereocenters. The lowest BCUT2D eigenvalue weighted by atomic mass is 10.1. The molecule has 3 aromatic rings. The number of benzene rings is 2. The molecule has 0 saturated carbocycles. The molecule has 140 valence electrons. The van der Waals surface area contributed by atoms with Crippen LogP contribution in [0.1, 0.15) is 30.2 Å². The van der Waals surface area contributed by atoms with Crippen LogP contribution in [-0.2, 0) is 11.2 Å². The monoisotopic (exact) mass is 363 g/mol.